The number of benzene rings is 1. The number of likely N-dealkylation sites (tertiary alicyclic amines) is 2. The second kappa shape index (κ2) is 6.65. The predicted octanol–water partition coefficient (Wildman–Crippen LogP) is 1.94. The van der Waals surface area contributed by atoms with Crippen molar-refractivity contribution < 1.29 is 19.5 Å². The number of amides is 2. The summed E-state index contributed by atoms with van der Waals surface area (Å²) in [5, 5.41) is 10.6. The SMILES string of the molecule is Cc1[nH]c2ccccc2c1CC(=O)N1CCC2(CC1)C(C(=O)O)CC(=O)N2C. The van der Waals surface area contributed by atoms with Crippen LogP contribution in [0.25, 0.3) is 10.9 Å². The van der Waals surface area contributed by atoms with E-state index in [9.17, 15) is 19.5 Å². The number of H-pyrrole nitrogens is 1. The first-order chi connectivity index (χ1) is 13.3. The molecule has 7 heteroatoms. The lowest BCUT2D eigenvalue weighted by molar-refractivity contribution is -0.146. The highest BCUT2D eigenvalue weighted by Crippen LogP contribution is 2.43. The maximum absolute atomic E-state index is 12.9. The number of aliphatic carboxylic acids is 1. The summed E-state index contributed by atoms with van der Waals surface area (Å²) >= 11 is 0. The molecule has 1 unspecified atom stereocenters. The van der Waals surface area contributed by atoms with Crippen molar-refractivity contribution in [3.05, 3.63) is 35.5 Å². The molecule has 0 radical (unpaired) electrons. The molecule has 2 aliphatic rings. The zero-order valence-corrected chi connectivity index (χ0v) is 16.2. The molecule has 1 aromatic heterocycles. The number of para-hydroxylation sites is 1. The Morgan fingerprint density at radius 1 is 1.25 bits per heavy atom. The number of carboxylic acids is 1. The maximum Gasteiger partial charge on any atom is 0.309 e. The number of rotatable bonds is 3. The van der Waals surface area contributed by atoms with Gasteiger partial charge in [-0.15, -0.1) is 0 Å². The highest BCUT2D eigenvalue weighted by atomic mass is 16.4. The second-order valence-electron chi connectivity index (χ2n) is 7.98. The van der Waals surface area contributed by atoms with Gasteiger partial charge >= 0.3 is 5.97 Å². The van der Waals surface area contributed by atoms with E-state index in [2.05, 4.69) is 4.98 Å². The topological polar surface area (TPSA) is 93.7 Å². The van der Waals surface area contributed by atoms with Crippen LogP contribution in [0.3, 0.4) is 0 Å². The van der Waals surface area contributed by atoms with E-state index in [0.717, 1.165) is 22.2 Å². The van der Waals surface area contributed by atoms with Crippen molar-refractivity contribution in [3.8, 4) is 0 Å². The number of piperidine rings is 1. The molecule has 2 aliphatic heterocycles. The summed E-state index contributed by atoms with van der Waals surface area (Å²) in [6.45, 7) is 2.92. The summed E-state index contributed by atoms with van der Waals surface area (Å²) in [5.74, 6) is -1.70. The first kappa shape index (κ1) is 18.5. The summed E-state index contributed by atoms with van der Waals surface area (Å²) in [7, 11) is 1.69. The van der Waals surface area contributed by atoms with Gasteiger partial charge in [0, 0.05) is 43.2 Å². The van der Waals surface area contributed by atoms with Gasteiger partial charge in [-0.2, -0.15) is 0 Å². The molecule has 2 amide bonds. The van der Waals surface area contributed by atoms with Gasteiger partial charge in [0.1, 0.15) is 0 Å². The van der Waals surface area contributed by atoms with E-state index in [0.29, 0.717) is 32.4 Å². The number of fused-ring (bicyclic) bond motifs is 1. The van der Waals surface area contributed by atoms with Gasteiger partial charge in [0.25, 0.3) is 0 Å². The average molecular weight is 383 g/mol. The van der Waals surface area contributed by atoms with Crippen molar-refractivity contribution in [1.82, 2.24) is 14.8 Å². The quantitative estimate of drug-likeness (QED) is 0.847. The van der Waals surface area contributed by atoms with Crippen LogP contribution in [-0.2, 0) is 20.8 Å². The van der Waals surface area contributed by atoms with Crippen molar-refractivity contribution in [2.45, 2.75) is 38.1 Å². The molecule has 148 valence electrons. The Hall–Kier alpha value is -2.83. The molecular weight excluding hydrogens is 358 g/mol. The van der Waals surface area contributed by atoms with Crippen LogP contribution in [-0.4, -0.2) is 63.4 Å². The fourth-order valence-electron chi connectivity index (χ4n) is 4.95. The summed E-state index contributed by atoms with van der Waals surface area (Å²) in [6, 6.07) is 7.95. The maximum atomic E-state index is 12.9. The molecular formula is C21H25N3O4. The van der Waals surface area contributed by atoms with Gasteiger partial charge in [-0.3, -0.25) is 14.4 Å². The van der Waals surface area contributed by atoms with E-state index >= 15 is 0 Å². The fraction of sp³-hybridized carbons (Fsp3) is 0.476. The van der Waals surface area contributed by atoms with Gasteiger partial charge in [0.2, 0.25) is 11.8 Å². The molecule has 2 aromatic rings. The number of nitrogens with zero attached hydrogens (tertiary/aromatic N) is 2. The predicted molar refractivity (Wildman–Crippen MR) is 104 cm³/mol. The summed E-state index contributed by atoms with van der Waals surface area (Å²) in [5.41, 5.74) is 2.36. The number of nitrogens with one attached hydrogen (secondary N) is 1. The third kappa shape index (κ3) is 2.77. The summed E-state index contributed by atoms with van der Waals surface area (Å²) < 4.78 is 0. The third-order valence-electron chi connectivity index (χ3n) is 6.70. The van der Waals surface area contributed by atoms with E-state index in [1.54, 1.807) is 11.9 Å². The van der Waals surface area contributed by atoms with Gasteiger partial charge in [-0.25, -0.2) is 0 Å². The molecule has 1 aromatic carbocycles. The van der Waals surface area contributed by atoms with Crippen LogP contribution < -0.4 is 0 Å². The van der Waals surface area contributed by atoms with Crippen molar-refractivity contribution >= 4 is 28.7 Å². The molecule has 0 aliphatic carbocycles. The van der Waals surface area contributed by atoms with E-state index < -0.39 is 17.4 Å². The summed E-state index contributed by atoms with van der Waals surface area (Å²) in [4.78, 5) is 43.5. The minimum Gasteiger partial charge on any atom is -0.481 e. The van der Waals surface area contributed by atoms with E-state index in [4.69, 9.17) is 0 Å². The van der Waals surface area contributed by atoms with E-state index in [-0.39, 0.29) is 18.2 Å². The normalized spacial score (nSPS) is 21.6. The van der Waals surface area contributed by atoms with Crippen molar-refractivity contribution in [2.75, 3.05) is 20.1 Å². The molecule has 3 heterocycles. The molecule has 1 atom stereocenters. The summed E-state index contributed by atoms with van der Waals surface area (Å²) in [6.07, 6.45) is 1.38. The zero-order valence-electron chi connectivity index (χ0n) is 16.2. The Morgan fingerprint density at radius 2 is 1.93 bits per heavy atom. The van der Waals surface area contributed by atoms with Crippen LogP contribution in [0.5, 0.6) is 0 Å². The highest BCUT2D eigenvalue weighted by molar-refractivity contribution is 5.91. The Bertz CT molecular complexity index is 956. The highest BCUT2D eigenvalue weighted by Gasteiger charge is 2.55. The van der Waals surface area contributed by atoms with Gasteiger partial charge in [-0.1, -0.05) is 18.2 Å². The standard InChI is InChI=1S/C21H25N3O4/c1-13-15(14-5-3-4-6-17(14)22-13)11-19(26)24-9-7-21(8-10-24)16(20(27)28)12-18(25)23(21)2/h3-6,16,22H,7-12H2,1-2H3,(H,27,28). The Morgan fingerprint density at radius 3 is 2.61 bits per heavy atom. The number of carbonyl (C=O) groups excluding carboxylic acids is 2. The molecule has 0 saturated carbocycles. The van der Waals surface area contributed by atoms with E-state index in [1.807, 2.05) is 36.1 Å². The van der Waals surface area contributed by atoms with Crippen LogP contribution >= 0.6 is 0 Å². The minimum absolute atomic E-state index is 0.0431. The van der Waals surface area contributed by atoms with Crippen molar-refractivity contribution in [2.24, 2.45) is 5.92 Å². The molecule has 1 spiro atoms. The monoisotopic (exact) mass is 383 g/mol. The number of hydrogen-bond acceptors (Lipinski definition) is 3. The lowest BCUT2D eigenvalue weighted by atomic mass is 9.77. The lowest BCUT2D eigenvalue weighted by Gasteiger charge is -2.45. The minimum atomic E-state index is -0.924. The number of carboxylic acid groups (broad SMARTS) is 1. The van der Waals surface area contributed by atoms with Crippen LogP contribution in [0.2, 0.25) is 0 Å². The van der Waals surface area contributed by atoms with Crippen LogP contribution in [0.1, 0.15) is 30.5 Å². The van der Waals surface area contributed by atoms with Crippen LogP contribution in [0.15, 0.2) is 24.3 Å². The van der Waals surface area contributed by atoms with Gasteiger partial charge in [-0.05, 0) is 31.4 Å². The Kier molecular flexibility index (Phi) is 4.40. The Balaban J connectivity index is 1.49. The van der Waals surface area contributed by atoms with Crippen LogP contribution in [0.4, 0.5) is 0 Å². The molecule has 7 nitrogen and oxygen atoms in total. The molecule has 0 bridgehead atoms. The zero-order chi connectivity index (χ0) is 20.1. The first-order valence-electron chi connectivity index (χ1n) is 9.67. The second-order valence-corrected chi connectivity index (χ2v) is 7.98. The number of carbonyl (C=O) groups is 3. The van der Waals surface area contributed by atoms with Gasteiger partial charge in [0.05, 0.1) is 17.9 Å². The van der Waals surface area contributed by atoms with E-state index in [1.165, 1.54) is 0 Å². The number of aryl methyl sites for hydroxylation is 1. The van der Waals surface area contributed by atoms with Gasteiger partial charge < -0.3 is 19.9 Å². The number of hydrogen-bond donors (Lipinski definition) is 2. The lowest BCUT2D eigenvalue weighted by Crippen LogP contribution is -2.57. The third-order valence-corrected chi connectivity index (χ3v) is 6.70. The molecule has 2 saturated heterocycles. The Labute approximate surface area is 163 Å². The molecule has 28 heavy (non-hydrogen) atoms. The smallest absolute Gasteiger partial charge is 0.309 e. The molecule has 2 N–H and O–H groups in total. The van der Waals surface area contributed by atoms with Crippen molar-refractivity contribution in [3.63, 3.8) is 0 Å². The largest absolute Gasteiger partial charge is 0.481 e. The fourth-order valence-corrected chi connectivity index (χ4v) is 4.95. The molecule has 2 fully saturated rings. The number of aromatic amines is 1. The number of aromatic nitrogens is 1. The molecule has 4 rings (SSSR count). The first-order valence-corrected chi connectivity index (χ1v) is 9.67. The van der Waals surface area contributed by atoms with Crippen LogP contribution in [0, 0.1) is 12.8 Å². The van der Waals surface area contributed by atoms with Gasteiger partial charge in [0.15, 0.2) is 0 Å². The van der Waals surface area contributed by atoms with Crippen molar-refractivity contribution in [1.29, 1.82) is 0 Å². The average Bonchev–Trinajstić information content (AvgIpc) is 3.12.